The quantitative estimate of drug-likeness (QED) is 0.350. The van der Waals surface area contributed by atoms with Gasteiger partial charge in [-0.25, -0.2) is 0 Å². The van der Waals surface area contributed by atoms with Crippen LogP contribution in [0.4, 0.5) is 0 Å². The highest BCUT2D eigenvalue weighted by molar-refractivity contribution is 5.22. The molecule has 0 aromatic rings. The smallest absolute Gasteiger partial charge is 0.0162 e. The third-order valence-corrected chi connectivity index (χ3v) is 1.13. The fraction of sp³-hybridized carbons (Fsp3) is 0.375. The minimum atomic E-state index is 0.520. The highest BCUT2D eigenvalue weighted by atomic mass is 15.3. The lowest BCUT2D eigenvalue weighted by Gasteiger charge is -1.98. The SMILES string of the molecule is C=CC[C@H](C)/C=C/NN=C. The van der Waals surface area contributed by atoms with Crippen LogP contribution in [0.5, 0.6) is 0 Å². The van der Waals surface area contributed by atoms with Crippen LogP contribution in [-0.4, -0.2) is 6.72 Å². The second-order valence-corrected chi connectivity index (χ2v) is 2.15. The maximum Gasteiger partial charge on any atom is 0.0162 e. The van der Waals surface area contributed by atoms with E-state index < -0.39 is 0 Å². The van der Waals surface area contributed by atoms with Crippen molar-refractivity contribution in [1.29, 1.82) is 0 Å². The van der Waals surface area contributed by atoms with Crippen molar-refractivity contribution < 1.29 is 0 Å². The summed E-state index contributed by atoms with van der Waals surface area (Å²) in [6.45, 7) is 9.02. The van der Waals surface area contributed by atoms with Crippen molar-refractivity contribution in [2.45, 2.75) is 13.3 Å². The Morgan fingerprint density at radius 1 is 1.70 bits per heavy atom. The molecule has 0 aromatic heterocycles. The van der Waals surface area contributed by atoms with E-state index in [1.807, 2.05) is 12.2 Å². The highest BCUT2D eigenvalue weighted by Gasteiger charge is 1.89. The summed E-state index contributed by atoms with van der Waals surface area (Å²) in [5, 5.41) is 3.46. The van der Waals surface area contributed by atoms with Crippen molar-refractivity contribution in [3.8, 4) is 0 Å². The lowest BCUT2D eigenvalue weighted by molar-refractivity contribution is 0.737. The highest BCUT2D eigenvalue weighted by Crippen LogP contribution is 2.02. The summed E-state index contributed by atoms with van der Waals surface area (Å²) in [6, 6.07) is 0. The van der Waals surface area contributed by atoms with Gasteiger partial charge in [-0.2, -0.15) is 5.10 Å². The Kier molecular flexibility index (Phi) is 5.44. The Hall–Kier alpha value is -1.05. The summed E-state index contributed by atoms with van der Waals surface area (Å²) >= 11 is 0. The Labute approximate surface area is 62.3 Å². The molecule has 0 aliphatic carbocycles. The number of hydrogen-bond donors (Lipinski definition) is 1. The molecule has 1 N–H and O–H groups in total. The molecule has 0 aliphatic heterocycles. The molecule has 56 valence electrons. The zero-order valence-electron chi connectivity index (χ0n) is 6.38. The maximum atomic E-state index is 3.64. The predicted octanol–water partition coefficient (Wildman–Crippen LogP) is 1.92. The van der Waals surface area contributed by atoms with Gasteiger partial charge in [-0.15, -0.1) is 6.58 Å². The molecular weight excluding hydrogens is 124 g/mol. The fourth-order valence-electron chi connectivity index (χ4n) is 0.601. The first-order valence-corrected chi connectivity index (χ1v) is 3.30. The number of hydrazone groups is 1. The first-order chi connectivity index (χ1) is 4.81. The van der Waals surface area contributed by atoms with Crippen molar-refractivity contribution in [3.63, 3.8) is 0 Å². The van der Waals surface area contributed by atoms with E-state index in [9.17, 15) is 0 Å². The molecule has 0 spiro atoms. The van der Waals surface area contributed by atoms with Crippen LogP contribution in [0.15, 0.2) is 30.0 Å². The van der Waals surface area contributed by atoms with Gasteiger partial charge >= 0.3 is 0 Å². The fourth-order valence-corrected chi connectivity index (χ4v) is 0.601. The van der Waals surface area contributed by atoms with Crippen molar-refractivity contribution in [1.82, 2.24) is 5.43 Å². The molecule has 0 saturated heterocycles. The summed E-state index contributed by atoms with van der Waals surface area (Å²) in [5.41, 5.74) is 2.64. The summed E-state index contributed by atoms with van der Waals surface area (Å²) < 4.78 is 0. The number of allylic oxidation sites excluding steroid dienone is 2. The molecule has 0 amide bonds. The molecule has 0 aromatic carbocycles. The van der Waals surface area contributed by atoms with Gasteiger partial charge in [-0.05, 0) is 12.3 Å². The van der Waals surface area contributed by atoms with Gasteiger partial charge in [0.25, 0.3) is 0 Å². The van der Waals surface area contributed by atoms with Crippen LogP contribution in [-0.2, 0) is 0 Å². The minimum Gasteiger partial charge on any atom is -0.287 e. The van der Waals surface area contributed by atoms with Crippen LogP contribution in [0.2, 0.25) is 0 Å². The molecule has 0 heterocycles. The molecule has 2 nitrogen and oxygen atoms in total. The monoisotopic (exact) mass is 138 g/mol. The van der Waals surface area contributed by atoms with Crippen LogP contribution in [0, 0.1) is 5.92 Å². The van der Waals surface area contributed by atoms with Crippen molar-refractivity contribution in [3.05, 3.63) is 24.9 Å². The Morgan fingerprint density at radius 2 is 2.40 bits per heavy atom. The second-order valence-electron chi connectivity index (χ2n) is 2.15. The maximum absolute atomic E-state index is 3.64. The topological polar surface area (TPSA) is 24.4 Å². The zero-order chi connectivity index (χ0) is 7.82. The predicted molar refractivity (Wildman–Crippen MR) is 45.8 cm³/mol. The molecule has 0 saturated carbocycles. The molecule has 10 heavy (non-hydrogen) atoms. The van der Waals surface area contributed by atoms with Gasteiger partial charge < -0.3 is 0 Å². The van der Waals surface area contributed by atoms with Crippen molar-refractivity contribution in [2.75, 3.05) is 0 Å². The first-order valence-electron chi connectivity index (χ1n) is 3.30. The molecular formula is C8H14N2. The third kappa shape index (κ3) is 5.09. The van der Waals surface area contributed by atoms with Gasteiger partial charge in [0.1, 0.15) is 0 Å². The average Bonchev–Trinajstić information content (AvgIpc) is 1.89. The molecule has 0 rings (SSSR count). The van der Waals surface area contributed by atoms with Gasteiger partial charge in [0.15, 0.2) is 0 Å². The molecule has 0 radical (unpaired) electrons. The third-order valence-electron chi connectivity index (χ3n) is 1.13. The van der Waals surface area contributed by atoms with E-state index in [2.05, 4.69) is 30.7 Å². The van der Waals surface area contributed by atoms with E-state index in [4.69, 9.17) is 0 Å². The van der Waals surface area contributed by atoms with Crippen molar-refractivity contribution in [2.24, 2.45) is 11.0 Å². The Balaban J connectivity index is 3.43. The minimum absolute atomic E-state index is 0.520. The van der Waals surface area contributed by atoms with E-state index in [1.165, 1.54) is 0 Å². The lowest BCUT2D eigenvalue weighted by Crippen LogP contribution is -1.93. The van der Waals surface area contributed by atoms with Crippen LogP contribution in [0.3, 0.4) is 0 Å². The molecule has 1 atom stereocenters. The van der Waals surface area contributed by atoms with Gasteiger partial charge in [0.2, 0.25) is 0 Å². The van der Waals surface area contributed by atoms with Gasteiger partial charge in [0, 0.05) is 12.9 Å². The van der Waals surface area contributed by atoms with Crippen LogP contribution in [0.1, 0.15) is 13.3 Å². The summed E-state index contributed by atoms with van der Waals surface area (Å²) in [6.07, 6.45) is 6.70. The lowest BCUT2D eigenvalue weighted by atomic mass is 10.1. The molecule has 0 unspecified atom stereocenters. The van der Waals surface area contributed by atoms with Crippen LogP contribution >= 0.6 is 0 Å². The summed E-state index contributed by atoms with van der Waals surface area (Å²) in [4.78, 5) is 0. The Bertz CT molecular complexity index is 127. The van der Waals surface area contributed by atoms with Crippen LogP contribution in [0.25, 0.3) is 0 Å². The average molecular weight is 138 g/mol. The van der Waals surface area contributed by atoms with E-state index in [1.54, 1.807) is 6.20 Å². The summed E-state index contributed by atoms with van der Waals surface area (Å²) in [5.74, 6) is 0.520. The number of nitrogens with one attached hydrogen (secondary N) is 1. The van der Waals surface area contributed by atoms with Gasteiger partial charge in [0.05, 0.1) is 0 Å². The largest absolute Gasteiger partial charge is 0.287 e. The van der Waals surface area contributed by atoms with E-state index >= 15 is 0 Å². The normalized spacial score (nSPS) is 12.9. The standard InChI is InChI=1S/C8H14N2/c1-4-5-8(2)6-7-10-9-3/h4,6-8,10H,1,3,5H2,2H3/b7-6+/t8-/m0/s1. The van der Waals surface area contributed by atoms with Gasteiger partial charge in [-0.3, -0.25) is 5.43 Å². The molecule has 0 fully saturated rings. The zero-order valence-corrected chi connectivity index (χ0v) is 6.38. The number of hydrogen-bond acceptors (Lipinski definition) is 2. The Morgan fingerprint density at radius 3 is 2.90 bits per heavy atom. The number of rotatable bonds is 5. The van der Waals surface area contributed by atoms with Gasteiger partial charge in [-0.1, -0.05) is 19.1 Å². The first kappa shape index (κ1) is 8.95. The molecule has 2 heteroatoms. The number of nitrogens with zero attached hydrogens (tertiary/aromatic N) is 1. The van der Waals surface area contributed by atoms with Crippen LogP contribution < -0.4 is 5.43 Å². The van der Waals surface area contributed by atoms with E-state index in [0.29, 0.717) is 5.92 Å². The van der Waals surface area contributed by atoms with E-state index in [-0.39, 0.29) is 0 Å². The molecule has 0 bridgehead atoms. The second kappa shape index (κ2) is 6.08. The van der Waals surface area contributed by atoms with Crippen molar-refractivity contribution >= 4 is 6.72 Å². The summed E-state index contributed by atoms with van der Waals surface area (Å²) in [7, 11) is 0. The molecule has 0 aliphatic rings. The van der Waals surface area contributed by atoms with E-state index in [0.717, 1.165) is 6.42 Å².